The molecule has 1 saturated heterocycles. The van der Waals surface area contributed by atoms with Gasteiger partial charge < -0.3 is 10.1 Å². The van der Waals surface area contributed by atoms with Gasteiger partial charge in [0.25, 0.3) is 0 Å². The monoisotopic (exact) mass is 298 g/mol. The van der Waals surface area contributed by atoms with E-state index in [2.05, 4.69) is 45.2 Å². The minimum atomic E-state index is 0.752. The fourth-order valence-electron chi connectivity index (χ4n) is 1.94. The highest BCUT2D eigenvalue weighted by Gasteiger charge is 2.09. The highest BCUT2D eigenvalue weighted by Crippen LogP contribution is 2.25. The summed E-state index contributed by atoms with van der Waals surface area (Å²) >= 11 is 3.52. The average Bonchev–Trinajstić information content (AvgIpc) is 2.33. The number of halogens is 1. The molecule has 94 valence electrons. The first kappa shape index (κ1) is 12.9. The Kier molecular flexibility index (Phi) is 4.83. The van der Waals surface area contributed by atoms with Crippen LogP contribution in [0.25, 0.3) is 0 Å². The summed E-state index contributed by atoms with van der Waals surface area (Å²) in [6.45, 7) is 8.26. The molecular weight excluding hydrogens is 280 g/mol. The van der Waals surface area contributed by atoms with E-state index in [1.165, 1.54) is 5.56 Å². The fraction of sp³-hybridized carbons (Fsp3) is 0.538. The Morgan fingerprint density at radius 2 is 2.12 bits per heavy atom. The van der Waals surface area contributed by atoms with E-state index in [-0.39, 0.29) is 0 Å². The second-order valence-electron chi connectivity index (χ2n) is 4.37. The zero-order valence-corrected chi connectivity index (χ0v) is 11.8. The third kappa shape index (κ3) is 3.98. The molecule has 4 heteroatoms. The summed E-state index contributed by atoms with van der Waals surface area (Å²) in [5.74, 6) is 0.936. The van der Waals surface area contributed by atoms with Crippen molar-refractivity contribution in [3.05, 3.63) is 28.2 Å². The van der Waals surface area contributed by atoms with Gasteiger partial charge in [0.15, 0.2) is 0 Å². The van der Waals surface area contributed by atoms with Crippen LogP contribution in [0.2, 0.25) is 0 Å². The Labute approximate surface area is 111 Å². The summed E-state index contributed by atoms with van der Waals surface area (Å²) in [6, 6.07) is 6.18. The summed E-state index contributed by atoms with van der Waals surface area (Å²) in [5.41, 5.74) is 1.24. The Morgan fingerprint density at radius 3 is 2.82 bits per heavy atom. The first-order valence-electron chi connectivity index (χ1n) is 6.08. The van der Waals surface area contributed by atoms with Gasteiger partial charge in [-0.25, -0.2) is 0 Å². The van der Waals surface area contributed by atoms with Gasteiger partial charge >= 0.3 is 0 Å². The second-order valence-corrected chi connectivity index (χ2v) is 5.23. The van der Waals surface area contributed by atoms with Crippen molar-refractivity contribution in [2.24, 2.45) is 0 Å². The predicted octanol–water partition coefficient (Wildman–Crippen LogP) is 2.04. The minimum Gasteiger partial charge on any atom is -0.491 e. The molecule has 0 saturated carbocycles. The number of hydrogen-bond acceptors (Lipinski definition) is 3. The first-order chi connectivity index (χ1) is 8.25. The third-order valence-corrected chi connectivity index (χ3v) is 3.58. The number of piperazine rings is 1. The molecule has 0 radical (unpaired) electrons. The number of benzene rings is 1. The molecule has 1 N–H and O–H groups in total. The van der Waals surface area contributed by atoms with Crippen LogP contribution in [0.5, 0.6) is 5.75 Å². The van der Waals surface area contributed by atoms with E-state index in [1.807, 2.05) is 6.07 Å². The molecule has 0 unspecified atom stereocenters. The van der Waals surface area contributed by atoms with E-state index >= 15 is 0 Å². The highest BCUT2D eigenvalue weighted by molar-refractivity contribution is 9.10. The molecule has 1 heterocycles. The average molecular weight is 299 g/mol. The Morgan fingerprint density at radius 1 is 1.35 bits per heavy atom. The molecule has 1 aliphatic heterocycles. The van der Waals surface area contributed by atoms with Crippen molar-refractivity contribution in [3.8, 4) is 5.75 Å². The van der Waals surface area contributed by atoms with Gasteiger partial charge in [0, 0.05) is 32.7 Å². The number of aryl methyl sites for hydroxylation is 1. The van der Waals surface area contributed by atoms with Crippen LogP contribution >= 0.6 is 15.9 Å². The van der Waals surface area contributed by atoms with Gasteiger partial charge in [0.2, 0.25) is 0 Å². The molecule has 0 aromatic heterocycles. The molecule has 1 aromatic rings. The number of rotatable bonds is 4. The van der Waals surface area contributed by atoms with Crippen molar-refractivity contribution in [2.75, 3.05) is 39.3 Å². The van der Waals surface area contributed by atoms with Crippen LogP contribution in [0.3, 0.4) is 0 Å². The fourth-order valence-corrected chi connectivity index (χ4v) is 2.55. The maximum atomic E-state index is 5.79. The second kappa shape index (κ2) is 6.38. The molecule has 0 amide bonds. The van der Waals surface area contributed by atoms with E-state index in [1.54, 1.807) is 0 Å². The van der Waals surface area contributed by atoms with Crippen LogP contribution < -0.4 is 10.1 Å². The number of nitrogens with zero attached hydrogens (tertiary/aromatic N) is 1. The van der Waals surface area contributed by atoms with Gasteiger partial charge in [-0.05, 0) is 40.5 Å². The van der Waals surface area contributed by atoms with Crippen molar-refractivity contribution < 1.29 is 4.74 Å². The van der Waals surface area contributed by atoms with E-state index in [0.717, 1.165) is 49.6 Å². The topological polar surface area (TPSA) is 24.5 Å². The number of ether oxygens (including phenoxy) is 1. The standard InChI is InChI=1S/C13H19BrN2O/c1-11-2-3-13(12(14)10-11)17-9-8-16-6-4-15-5-7-16/h2-3,10,15H,4-9H2,1H3. The molecule has 0 aliphatic carbocycles. The largest absolute Gasteiger partial charge is 0.491 e. The van der Waals surface area contributed by atoms with Crippen LogP contribution in [-0.4, -0.2) is 44.2 Å². The van der Waals surface area contributed by atoms with Gasteiger partial charge in [-0.3, -0.25) is 4.90 Å². The Hall–Kier alpha value is -0.580. The van der Waals surface area contributed by atoms with Crippen molar-refractivity contribution in [1.82, 2.24) is 10.2 Å². The highest BCUT2D eigenvalue weighted by atomic mass is 79.9. The molecule has 0 spiro atoms. The van der Waals surface area contributed by atoms with E-state index in [4.69, 9.17) is 4.74 Å². The van der Waals surface area contributed by atoms with Gasteiger partial charge in [-0.1, -0.05) is 6.07 Å². The third-order valence-electron chi connectivity index (χ3n) is 2.96. The number of nitrogens with one attached hydrogen (secondary N) is 1. The smallest absolute Gasteiger partial charge is 0.133 e. The van der Waals surface area contributed by atoms with Crippen LogP contribution in [0.1, 0.15) is 5.56 Å². The minimum absolute atomic E-state index is 0.752. The Balaban J connectivity index is 1.77. The normalized spacial score (nSPS) is 17.1. The summed E-state index contributed by atoms with van der Waals surface area (Å²) in [4.78, 5) is 2.43. The zero-order valence-electron chi connectivity index (χ0n) is 10.2. The maximum absolute atomic E-state index is 5.79. The first-order valence-corrected chi connectivity index (χ1v) is 6.87. The molecule has 17 heavy (non-hydrogen) atoms. The molecule has 2 rings (SSSR count). The van der Waals surface area contributed by atoms with Crippen molar-refractivity contribution in [2.45, 2.75) is 6.92 Å². The summed E-state index contributed by atoms with van der Waals surface area (Å²) < 4.78 is 6.83. The molecule has 0 atom stereocenters. The van der Waals surface area contributed by atoms with Crippen LogP contribution in [0.4, 0.5) is 0 Å². The van der Waals surface area contributed by atoms with Gasteiger partial charge in [0.05, 0.1) is 4.47 Å². The maximum Gasteiger partial charge on any atom is 0.133 e. The van der Waals surface area contributed by atoms with Crippen molar-refractivity contribution in [3.63, 3.8) is 0 Å². The van der Waals surface area contributed by atoms with E-state index in [9.17, 15) is 0 Å². The molecule has 3 nitrogen and oxygen atoms in total. The lowest BCUT2D eigenvalue weighted by Gasteiger charge is -2.27. The summed E-state index contributed by atoms with van der Waals surface area (Å²) in [6.07, 6.45) is 0. The molecular formula is C13H19BrN2O. The van der Waals surface area contributed by atoms with Gasteiger partial charge in [-0.15, -0.1) is 0 Å². The Bertz CT molecular complexity index is 364. The van der Waals surface area contributed by atoms with Crippen LogP contribution in [0, 0.1) is 6.92 Å². The quantitative estimate of drug-likeness (QED) is 0.921. The number of hydrogen-bond donors (Lipinski definition) is 1. The van der Waals surface area contributed by atoms with E-state index < -0.39 is 0 Å². The van der Waals surface area contributed by atoms with Gasteiger partial charge in [0.1, 0.15) is 12.4 Å². The lowest BCUT2D eigenvalue weighted by Crippen LogP contribution is -2.44. The lowest BCUT2D eigenvalue weighted by atomic mass is 10.2. The molecule has 1 fully saturated rings. The van der Waals surface area contributed by atoms with Crippen molar-refractivity contribution in [1.29, 1.82) is 0 Å². The molecule has 0 bridgehead atoms. The molecule has 1 aliphatic rings. The van der Waals surface area contributed by atoms with E-state index in [0.29, 0.717) is 0 Å². The lowest BCUT2D eigenvalue weighted by molar-refractivity contribution is 0.191. The van der Waals surface area contributed by atoms with Crippen molar-refractivity contribution >= 4 is 15.9 Å². The SMILES string of the molecule is Cc1ccc(OCCN2CCNCC2)c(Br)c1. The van der Waals surface area contributed by atoms with Crippen LogP contribution in [-0.2, 0) is 0 Å². The zero-order chi connectivity index (χ0) is 12.1. The predicted molar refractivity (Wildman–Crippen MR) is 73.7 cm³/mol. The van der Waals surface area contributed by atoms with Crippen LogP contribution in [0.15, 0.2) is 22.7 Å². The summed E-state index contributed by atoms with van der Waals surface area (Å²) in [5, 5.41) is 3.35. The summed E-state index contributed by atoms with van der Waals surface area (Å²) in [7, 11) is 0. The molecule has 1 aromatic carbocycles. The van der Waals surface area contributed by atoms with Gasteiger partial charge in [-0.2, -0.15) is 0 Å².